The highest BCUT2D eigenvalue weighted by molar-refractivity contribution is 5.97. The van der Waals surface area contributed by atoms with Crippen molar-refractivity contribution < 1.29 is 4.79 Å². The first-order valence-electron chi connectivity index (χ1n) is 8.71. The largest absolute Gasteiger partial charge is 0.338 e. The number of hydrogen-bond acceptors (Lipinski definition) is 5. The van der Waals surface area contributed by atoms with Gasteiger partial charge in [0.25, 0.3) is 0 Å². The van der Waals surface area contributed by atoms with Crippen molar-refractivity contribution in [1.29, 1.82) is 0 Å². The highest BCUT2D eigenvalue weighted by atomic mass is 16.2. The van der Waals surface area contributed by atoms with Crippen LogP contribution in [0.3, 0.4) is 0 Å². The molecule has 0 bridgehead atoms. The lowest BCUT2D eigenvalue weighted by Gasteiger charge is -2.19. The number of amides is 2. The molecule has 1 aliphatic heterocycles. The summed E-state index contributed by atoms with van der Waals surface area (Å²) >= 11 is 0. The van der Waals surface area contributed by atoms with E-state index in [2.05, 4.69) is 30.6 Å². The summed E-state index contributed by atoms with van der Waals surface area (Å²) in [5, 5.41) is 10.6. The van der Waals surface area contributed by atoms with Crippen LogP contribution in [0.25, 0.3) is 11.0 Å². The smallest absolute Gasteiger partial charge is 0.320 e. The molecule has 1 aliphatic rings. The number of likely N-dealkylation sites (tertiary alicyclic amines) is 1. The van der Waals surface area contributed by atoms with Crippen LogP contribution in [0.15, 0.2) is 12.5 Å². The second kappa shape index (κ2) is 8.05. The molecular weight excluding hydrogens is 306 g/mol. The molecule has 0 spiro atoms. The van der Waals surface area contributed by atoms with E-state index in [0.29, 0.717) is 12.4 Å². The fraction of sp³-hybridized carbons (Fsp3) is 0.625. The molecule has 1 saturated heterocycles. The van der Waals surface area contributed by atoms with Crippen LogP contribution in [0.4, 0.5) is 10.6 Å². The summed E-state index contributed by atoms with van der Waals surface area (Å²) in [5.74, 6) is 0.493. The quantitative estimate of drug-likeness (QED) is 0.873. The van der Waals surface area contributed by atoms with Crippen molar-refractivity contribution in [3.63, 3.8) is 0 Å². The van der Waals surface area contributed by atoms with Gasteiger partial charge in [-0.1, -0.05) is 12.8 Å². The third-order valence-electron chi connectivity index (χ3n) is 4.33. The van der Waals surface area contributed by atoms with E-state index in [4.69, 9.17) is 0 Å². The van der Waals surface area contributed by atoms with Gasteiger partial charge in [0, 0.05) is 13.1 Å². The maximum atomic E-state index is 11.7. The molecule has 0 aromatic carbocycles. The summed E-state index contributed by atoms with van der Waals surface area (Å²) < 4.78 is 1.89. The lowest BCUT2D eigenvalue weighted by atomic mass is 10.2. The maximum absolute atomic E-state index is 11.7. The van der Waals surface area contributed by atoms with Crippen LogP contribution in [-0.4, -0.2) is 56.9 Å². The average molecular weight is 331 g/mol. The highest BCUT2D eigenvalue weighted by Crippen LogP contribution is 2.18. The lowest BCUT2D eigenvalue weighted by Crippen LogP contribution is -2.29. The molecule has 3 heterocycles. The SMILES string of the molecule is CCNC(=O)Nc1ncnc2c1cnn2CCN1CCCCCC1. The number of urea groups is 1. The summed E-state index contributed by atoms with van der Waals surface area (Å²) in [7, 11) is 0. The zero-order valence-corrected chi connectivity index (χ0v) is 14.2. The van der Waals surface area contributed by atoms with Crippen LogP contribution in [0, 0.1) is 0 Å². The number of carbonyl (C=O) groups excluding carboxylic acids is 1. The van der Waals surface area contributed by atoms with E-state index in [1.165, 1.54) is 32.0 Å². The number of rotatable bonds is 5. The first kappa shape index (κ1) is 16.6. The van der Waals surface area contributed by atoms with Crippen LogP contribution >= 0.6 is 0 Å². The Bertz CT molecular complexity index is 676. The van der Waals surface area contributed by atoms with Crippen LogP contribution in [0.2, 0.25) is 0 Å². The van der Waals surface area contributed by atoms with Gasteiger partial charge < -0.3 is 10.2 Å². The molecule has 2 aromatic rings. The van der Waals surface area contributed by atoms with Gasteiger partial charge in [-0.15, -0.1) is 0 Å². The molecule has 0 aliphatic carbocycles. The Kier molecular flexibility index (Phi) is 5.58. The lowest BCUT2D eigenvalue weighted by molar-refractivity contribution is 0.252. The van der Waals surface area contributed by atoms with Gasteiger partial charge >= 0.3 is 6.03 Å². The van der Waals surface area contributed by atoms with E-state index >= 15 is 0 Å². The number of aromatic nitrogens is 4. The van der Waals surface area contributed by atoms with E-state index in [1.807, 2.05) is 11.6 Å². The zero-order valence-electron chi connectivity index (χ0n) is 14.2. The molecule has 2 amide bonds. The fourth-order valence-electron chi connectivity index (χ4n) is 3.06. The van der Waals surface area contributed by atoms with Crippen molar-refractivity contribution >= 4 is 22.9 Å². The molecule has 24 heavy (non-hydrogen) atoms. The minimum absolute atomic E-state index is 0.269. The number of carbonyl (C=O) groups is 1. The summed E-state index contributed by atoms with van der Waals surface area (Å²) in [6.45, 7) is 6.53. The molecule has 8 nitrogen and oxygen atoms in total. The molecule has 0 unspecified atom stereocenters. The Morgan fingerprint density at radius 1 is 1.17 bits per heavy atom. The van der Waals surface area contributed by atoms with Gasteiger partial charge in [-0.05, 0) is 32.9 Å². The first-order chi connectivity index (χ1) is 11.8. The van der Waals surface area contributed by atoms with Crippen LogP contribution < -0.4 is 10.6 Å². The number of fused-ring (bicyclic) bond motifs is 1. The zero-order chi connectivity index (χ0) is 16.8. The predicted molar refractivity (Wildman–Crippen MR) is 92.9 cm³/mol. The molecule has 3 rings (SSSR count). The summed E-state index contributed by atoms with van der Waals surface area (Å²) in [6, 6.07) is -0.269. The van der Waals surface area contributed by atoms with Gasteiger partial charge in [0.2, 0.25) is 0 Å². The normalized spacial score (nSPS) is 16.0. The van der Waals surface area contributed by atoms with Crippen molar-refractivity contribution in [1.82, 2.24) is 30.0 Å². The van der Waals surface area contributed by atoms with Crippen molar-refractivity contribution in [2.24, 2.45) is 0 Å². The van der Waals surface area contributed by atoms with Crippen LogP contribution in [-0.2, 0) is 6.54 Å². The number of hydrogen-bond donors (Lipinski definition) is 2. The minimum Gasteiger partial charge on any atom is -0.338 e. The summed E-state index contributed by atoms with van der Waals surface area (Å²) in [5.41, 5.74) is 0.756. The second-order valence-electron chi connectivity index (χ2n) is 6.07. The Labute approximate surface area is 141 Å². The van der Waals surface area contributed by atoms with Gasteiger partial charge in [-0.2, -0.15) is 5.10 Å². The predicted octanol–water partition coefficient (Wildman–Crippen LogP) is 1.84. The number of nitrogens with zero attached hydrogens (tertiary/aromatic N) is 5. The Morgan fingerprint density at radius 2 is 1.96 bits per heavy atom. The first-order valence-corrected chi connectivity index (χ1v) is 8.71. The van der Waals surface area contributed by atoms with E-state index in [0.717, 1.165) is 37.2 Å². The maximum Gasteiger partial charge on any atom is 0.320 e. The molecule has 8 heteroatoms. The fourth-order valence-corrected chi connectivity index (χ4v) is 3.06. The third-order valence-corrected chi connectivity index (χ3v) is 4.33. The topological polar surface area (TPSA) is 88.0 Å². The minimum atomic E-state index is -0.269. The molecule has 0 radical (unpaired) electrons. The molecule has 1 fully saturated rings. The van der Waals surface area contributed by atoms with Crippen LogP contribution in [0.1, 0.15) is 32.6 Å². The monoisotopic (exact) mass is 331 g/mol. The number of nitrogens with one attached hydrogen (secondary N) is 2. The van der Waals surface area contributed by atoms with Crippen molar-refractivity contribution in [3.05, 3.63) is 12.5 Å². The highest BCUT2D eigenvalue weighted by Gasteiger charge is 2.13. The Balaban J connectivity index is 1.69. The molecule has 130 valence electrons. The van der Waals surface area contributed by atoms with Gasteiger partial charge in [-0.25, -0.2) is 19.4 Å². The Morgan fingerprint density at radius 3 is 2.71 bits per heavy atom. The van der Waals surface area contributed by atoms with Crippen molar-refractivity contribution in [2.45, 2.75) is 39.2 Å². The van der Waals surface area contributed by atoms with Gasteiger partial charge in [0.1, 0.15) is 12.1 Å². The Hall–Kier alpha value is -2.22. The molecule has 2 N–H and O–H groups in total. The van der Waals surface area contributed by atoms with E-state index in [-0.39, 0.29) is 6.03 Å². The van der Waals surface area contributed by atoms with Crippen LogP contribution in [0.5, 0.6) is 0 Å². The molecular formula is C16H25N7O. The summed E-state index contributed by atoms with van der Waals surface area (Å²) in [6.07, 6.45) is 8.42. The van der Waals surface area contributed by atoms with Crippen molar-refractivity contribution in [3.8, 4) is 0 Å². The number of anilines is 1. The second-order valence-corrected chi connectivity index (χ2v) is 6.07. The average Bonchev–Trinajstić information content (AvgIpc) is 2.81. The molecule has 0 atom stereocenters. The van der Waals surface area contributed by atoms with E-state index in [1.54, 1.807) is 6.20 Å². The van der Waals surface area contributed by atoms with Gasteiger partial charge in [-0.3, -0.25) is 5.32 Å². The summed E-state index contributed by atoms with van der Waals surface area (Å²) in [4.78, 5) is 22.7. The van der Waals surface area contributed by atoms with E-state index in [9.17, 15) is 4.79 Å². The molecule has 2 aromatic heterocycles. The van der Waals surface area contributed by atoms with E-state index < -0.39 is 0 Å². The van der Waals surface area contributed by atoms with Gasteiger partial charge in [0.05, 0.1) is 18.1 Å². The molecule has 0 saturated carbocycles. The van der Waals surface area contributed by atoms with Crippen molar-refractivity contribution in [2.75, 3.05) is 31.5 Å². The third kappa shape index (κ3) is 4.00. The van der Waals surface area contributed by atoms with Gasteiger partial charge in [0.15, 0.2) is 5.65 Å². The standard InChI is InChI=1S/C16H25N7O/c1-2-17-16(24)21-14-13-11-20-23(15(13)19-12-18-14)10-9-22-7-5-3-4-6-8-22/h11-12H,2-10H2,1H3,(H2,17,18,19,21,24).